The highest BCUT2D eigenvalue weighted by Gasteiger charge is 2.18. The third kappa shape index (κ3) is 2.75. The molecule has 0 bridgehead atoms. The Morgan fingerprint density at radius 3 is 2.85 bits per heavy atom. The van der Waals surface area contributed by atoms with Crippen LogP contribution in [0, 0.1) is 2.88 Å². The second-order valence-corrected chi connectivity index (χ2v) is 7.68. The first kappa shape index (κ1) is 14.0. The highest BCUT2D eigenvalue weighted by atomic mass is 127. The lowest BCUT2D eigenvalue weighted by molar-refractivity contribution is -0.116. The fourth-order valence-corrected chi connectivity index (χ4v) is 3.98. The van der Waals surface area contributed by atoms with E-state index in [4.69, 9.17) is 0 Å². The first-order chi connectivity index (χ1) is 9.67. The third-order valence-corrected chi connectivity index (χ3v) is 5.38. The van der Waals surface area contributed by atoms with Gasteiger partial charge in [-0.2, -0.15) is 0 Å². The number of halogens is 1. The smallest absolute Gasteiger partial charge is 0.224 e. The summed E-state index contributed by atoms with van der Waals surface area (Å²) in [5, 5.41) is 8.51. The van der Waals surface area contributed by atoms with E-state index in [2.05, 4.69) is 56.8 Å². The predicted octanol–water partition coefficient (Wildman–Crippen LogP) is 3.55. The number of thiophene rings is 1. The lowest BCUT2D eigenvalue weighted by Gasteiger charge is -2.21. The van der Waals surface area contributed by atoms with Gasteiger partial charge in [-0.05, 0) is 70.3 Å². The molecule has 0 aliphatic carbocycles. The second-order valence-electron chi connectivity index (χ2n) is 4.87. The Bertz CT molecular complexity index is 653. The Balaban J connectivity index is 1.95. The molecule has 1 aromatic heterocycles. The predicted molar refractivity (Wildman–Crippen MR) is 91.3 cm³/mol. The Morgan fingerprint density at radius 1 is 1.30 bits per heavy atom. The normalized spacial score (nSPS) is 15.6. The third-order valence-electron chi connectivity index (χ3n) is 3.57. The molecule has 1 aliphatic heterocycles. The molecule has 1 aromatic carbocycles. The van der Waals surface area contributed by atoms with E-state index < -0.39 is 0 Å². The van der Waals surface area contributed by atoms with Gasteiger partial charge in [-0.25, -0.2) is 0 Å². The number of amides is 1. The van der Waals surface area contributed by atoms with Gasteiger partial charge in [-0.15, -0.1) is 11.3 Å². The first-order valence-electron chi connectivity index (χ1n) is 6.51. The molecule has 0 saturated carbocycles. The van der Waals surface area contributed by atoms with Crippen LogP contribution in [0.1, 0.15) is 29.2 Å². The lowest BCUT2D eigenvalue weighted by Crippen LogP contribution is -2.21. The zero-order chi connectivity index (χ0) is 14.1. The molecule has 20 heavy (non-hydrogen) atoms. The molecule has 1 atom stereocenters. The van der Waals surface area contributed by atoms with Gasteiger partial charge in [0.15, 0.2) is 0 Å². The van der Waals surface area contributed by atoms with Crippen molar-refractivity contribution in [2.24, 2.45) is 0 Å². The number of aryl methyl sites for hydroxylation is 1. The molecular formula is C15H15IN2OS. The van der Waals surface area contributed by atoms with Crippen molar-refractivity contribution in [3.8, 4) is 0 Å². The molecule has 3 rings (SSSR count). The second kappa shape index (κ2) is 5.83. The van der Waals surface area contributed by atoms with Crippen LogP contribution in [0.2, 0.25) is 0 Å². The summed E-state index contributed by atoms with van der Waals surface area (Å²) < 4.78 is 1.29. The molecule has 2 N–H and O–H groups in total. The molecule has 1 unspecified atom stereocenters. The summed E-state index contributed by atoms with van der Waals surface area (Å²) in [5.74, 6) is 0.114. The summed E-state index contributed by atoms with van der Waals surface area (Å²) in [7, 11) is 1.98. The van der Waals surface area contributed by atoms with Crippen LogP contribution in [0.15, 0.2) is 29.6 Å². The molecule has 104 valence electrons. The highest BCUT2D eigenvalue weighted by molar-refractivity contribution is 14.1. The van der Waals surface area contributed by atoms with Crippen LogP contribution in [0.5, 0.6) is 0 Å². The highest BCUT2D eigenvalue weighted by Crippen LogP contribution is 2.31. The average Bonchev–Trinajstić information content (AvgIpc) is 2.86. The molecule has 0 radical (unpaired) electrons. The van der Waals surface area contributed by atoms with Gasteiger partial charge in [0.2, 0.25) is 5.91 Å². The summed E-state index contributed by atoms with van der Waals surface area (Å²) in [6, 6.07) is 8.74. The van der Waals surface area contributed by atoms with Gasteiger partial charge < -0.3 is 10.6 Å². The SMILES string of the molecule is CNC(c1csc(I)c1)c1ccc2c(c1)CCC(=O)N2. The minimum absolute atomic E-state index is 0.114. The van der Waals surface area contributed by atoms with E-state index in [1.807, 2.05) is 13.1 Å². The summed E-state index contributed by atoms with van der Waals surface area (Å²) in [6.07, 6.45) is 1.41. The Labute approximate surface area is 135 Å². The lowest BCUT2D eigenvalue weighted by atomic mass is 9.95. The van der Waals surface area contributed by atoms with Crippen LogP contribution in [-0.2, 0) is 11.2 Å². The van der Waals surface area contributed by atoms with Crippen LogP contribution < -0.4 is 10.6 Å². The monoisotopic (exact) mass is 398 g/mol. The van der Waals surface area contributed by atoms with E-state index in [0.717, 1.165) is 12.1 Å². The van der Waals surface area contributed by atoms with Crippen molar-refractivity contribution in [1.29, 1.82) is 0 Å². The van der Waals surface area contributed by atoms with Gasteiger partial charge in [-0.3, -0.25) is 4.79 Å². The van der Waals surface area contributed by atoms with Gasteiger partial charge in [0.1, 0.15) is 0 Å². The van der Waals surface area contributed by atoms with Crippen LogP contribution in [0.25, 0.3) is 0 Å². The number of anilines is 1. The van der Waals surface area contributed by atoms with Crippen LogP contribution >= 0.6 is 33.9 Å². The maximum absolute atomic E-state index is 11.4. The summed E-state index contributed by atoms with van der Waals surface area (Å²) in [4.78, 5) is 11.4. The molecule has 2 heterocycles. The fourth-order valence-electron chi connectivity index (χ4n) is 2.58. The van der Waals surface area contributed by atoms with Gasteiger partial charge in [0, 0.05) is 12.1 Å². The number of nitrogens with one attached hydrogen (secondary N) is 2. The van der Waals surface area contributed by atoms with E-state index in [9.17, 15) is 4.79 Å². The van der Waals surface area contributed by atoms with E-state index in [1.165, 1.54) is 19.6 Å². The van der Waals surface area contributed by atoms with Crippen molar-refractivity contribution in [1.82, 2.24) is 5.32 Å². The quantitative estimate of drug-likeness (QED) is 0.777. The summed E-state index contributed by atoms with van der Waals surface area (Å²) in [6.45, 7) is 0. The average molecular weight is 398 g/mol. The molecule has 0 spiro atoms. The number of carbonyl (C=O) groups excluding carboxylic acids is 1. The molecule has 1 aliphatic rings. The fraction of sp³-hybridized carbons (Fsp3) is 0.267. The van der Waals surface area contributed by atoms with Gasteiger partial charge >= 0.3 is 0 Å². The largest absolute Gasteiger partial charge is 0.326 e. The summed E-state index contributed by atoms with van der Waals surface area (Å²) in [5.41, 5.74) is 4.73. The van der Waals surface area contributed by atoms with Crippen LogP contribution in [0.4, 0.5) is 5.69 Å². The van der Waals surface area contributed by atoms with Crippen molar-refractivity contribution >= 4 is 45.5 Å². The van der Waals surface area contributed by atoms with Crippen LogP contribution in [0.3, 0.4) is 0 Å². The Kier molecular flexibility index (Phi) is 4.09. The number of hydrogen-bond donors (Lipinski definition) is 2. The Hall–Kier alpha value is -0.920. The van der Waals surface area contributed by atoms with Crippen molar-refractivity contribution in [2.75, 3.05) is 12.4 Å². The molecule has 2 aromatic rings. The minimum atomic E-state index is 0.114. The maximum Gasteiger partial charge on any atom is 0.224 e. The van der Waals surface area contributed by atoms with E-state index >= 15 is 0 Å². The van der Waals surface area contributed by atoms with E-state index in [0.29, 0.717) is 6.42 Å². The molecule has 5 heteroatoms. The molecule has 0 saturated heterocycles. The number of fused-ring (bicyclic) bond motifs is 1. The molecule has 3 nitrogen and oxygen atoms in total. The molecule has 0 fully saturated rings. The standard InChI is InChI=1S/C15H15IN2OS/c1-17-15(11-7-13(16)20-8-11)10-2-4-12-9(6-10)3-5-14(19)18-12/h2,4,6-8,15,17H,3,5H2,1H3,(H,18,19). The number of carbonyl (C=O) groups is 1. The topological polar surface area (TPSA) is 41.1 Å². The minimum Gasteiger partial charge on any atom is -0.326 e. The summed E-state index contributed by atoms with van der Waals surface area (Å²) >= 11 is 4.11. The van der Waals surface area contributed by atoms with Gasteiger partial charge in [0.25, 0.3) is 0 Å². The van der Waals surface area contributed by atoms with Crippen molar-refractivity contribution in [3.05, 3.63) is 49.2 Å². The van der Waals surface area contributed by atoms with Crippen LogP contribution in [-0.4, -0.2) is 13.0 Å². The van der Waals surface area contributed by atoms with Gasteiger partial charge in [-0.1, -0.05) is 12.1 Å². The van der Waals surface area contributed by atoms with Gasteiger partial charge in [0.05, 0.1) is 8.93 Å². The number of rotatable bonds is 3. The molecule has 1 amide bonds. The Morgan fingerprint density at radius 2 is 2.15 bits per heavy atom. The first-order valence-corrected chi connectivity index (χ1v) is 8.47. The zero-order valence-electron chi connectivity index (χ0n) is 11.1. The van der Waals surface area contributed by atoms with E-state index in [1.54, 1.807) is 11.3 Å². The van der Waals surface area contributed by atoms with Crippen molar-refractivity contribution in [2.45, 2.75) is 18.9 Å². The number of benzene rings is 1. The number of hydrogen-bond acceptors (Lipinski definition) is 3. The zero-order valence-corrected chi connectivity index (χ0v) is 14.0. The van der Waals surface area contributed by atoms with Crippen molar-refractivity contribution < 1.29 is 4.79 Å². The molecular weight excluding hydrogens is 383 g/mol. The van der Waals surface area contributed by atoms with Crippen molar-refractivity contribution in [3.63, 3.8) is 0 Å². The maximum atomic E-state index is 11.4. The van der Waals surface area contributed by atoms with E-state index in [-0.39, 0.29) is 11.9 Å².